The van der Waals surface area contributed by atoms with Crippen LogP contribution in [-0.2, 0) is 25.0 Å². The first-order chi connectivity index (χ1) is 4.37. The van der Waals surface area contributed by atoms with Crippen molar-refractivity contribution in [2.75, 3.05) is 0 Å². The fourth-order valence-corrected chi connectivity index (χ4v) is 0. The topological polar surface area (TPSA) is 97.3 Å². The average molecular weight is 253 g/mol. The van der Waals surface area contributed by atoms with Crippen LogP contribution in [-0.4, -0.2) is 22.8 Å². The van der Waals surface area contributed by atoms with Gasteiger partial charge < -0.3 is 9.11 Å². The standard InChI is InChI=1S/C2H3ClO.2Na.H2O4S2/c1-2(3)4;;;1-5(2)6(3)4/h1H3;;;(H,1,2)(H,3,4)/q;2*+1;/p-2. The molecule has 0 aromatic carbocycles. The van der Waals surface area contributed by atoms with Crippen LogP contribution < -0.4 is 59.1 Å². The molecule has 0 saturated heterocycles. The molecule has 0 aliphatic carbocycles. The summed E-state index contributed by atoms with van der Waals surface area (Å²) in [5.41, 5.74) is 0. The summed E-state index contributed by atoms with van der Waals surface area (Å²) in [5.74, 6) is 0. The Morgan fingerprint density at radius 1 is 1.17 bits per heavy atom. The quantitative estimate of drug-likeness (QED) is 0.200. The minimum absolute atomic E-state index is 0. The monoisotopic (exact) mass is 252 g/mol. The van der Waals surface area contributed by atoms with Crippen molar-refractivity contribution in [3.63, 3.8) is 0 Å². The minimum Gasteiger partial charge on any atom is -0.763 e. The van der Waals surface area contributed by atoms with Gasteiger partial charge in [-0.05, 0) is 11.6 Å². The van der Waals surface area contributed by atoms with Gasteiger partial charge in [0.05, 0.1) is 0 Å². The van der Waals surface area contributed by atoms with Gasteiger partial charge in [0.2, 0.25) is 5.24 Å². The van der Waals surface area contributed by atoms with Crippen molar-refractivity contribution in [3.05, 3.63) is 0 Å². The van der Waals surface area contributed by atoms with Crippen LogP contribution in [0, 0.1) is 0 Å². The summed E-state index contributed by atoms with van der Waals surface area (Å²) < 4.78 is 36.3. The van der Waals surface area contributed by atoms with E-state index in [0.29, 0.717) is 0 Å². The maximum atomic E-state index is 9.21. The molecule has 0 bridgehead atoms. The van der Waals surface area contributed by atoms with Gasteiger partial charge in [0.25, 0.3) is 0 Å². The van der Waals surface area contributed by atoms with Crippen LogP contribution in [0.1, 0.15) is 6.92 Å². The Hall–Kier alpha value is 2.18. The summed E-state index contributed by atoms with van der Waals surface area (Å²) in [5, 5.41) is -0.361. The fourth-order valence-electron chi connectivity index (χ4n) is 0. The molecular weight excluding hydrogens is 250 g/mol. The second-order valence-corrected chi connectivity index (χ2v) is 3.86. The summed E-state index contributed by atoms with van der Waals surface area (Å²) in [7, 11) is -5.90. The number of rotatable bonds is 1. The van der Waals surface area contributed by atoms with E-state index in [1.54, 1.807) is 0 Å². The Morgan fingerprint density at radius 2 is 1.25 bits per heavy atom. The van der Waals surface area contributed by atoms with Crippen molar-refractivity contribution in [2.45, 2.75) is 6.92 Å². The van der Waals surface area contributed by atoms with Gasteiger partial charge in [-0.1, -0.05) is 0 Å². The van der Waals surface area contributed by atoms with E-state index in [4.69, 9.17) is 17.5 Å². The van der Waals surface area contributed by atoms with E-state index < -0.39 is 20.2 Å². The van der Waals surface area contributed by atoms with E-state index in [1.165, 1.54) is 6.92 Å². The van der Waals surface area contributed by atoms with Crippen LogP contribution in [0.5, 0.6) is 0 Å². The Bertz CT molecular complexity index is 148. The van der Waals surface area contributed by atoms with Gasteiger partial charge in [-0.2, -0.15) is 0 Å². The van der Waals surface area contributed by atoms with Crippen molar-refractivity contribution in [1.82, 2.24) is 0 Å². The number of carbonyl (C=O) groups is 1. The van der Waals surface area contributed by atoms with Gasteiger partial charge in [0.15, 0.2) is 0 Å². The smallest absolute Gasteiger partial charge is 0.763 e. The molecule has 12 heavy (non-hydrogen) atoms. The van der Waals surface area contributed by atoms with Gasteiger partial charge in [-0.15, -0.1) is 0 Å². The molecular formula is C2H3ClNa2O5S2. The van der Waals surface area contributed by atoms with E-state index in [1.807, 2.05) is 0 Å². The van der Waals surface area contributed by atoms with Crippen LogP contribution in [0.25, 0.3) is 0 Å². The Kier molecular flexibility index (Phi) is 31.0. The van der Waals surface area contributed by atoms with E-state index in [2.05, 4.69) is 11.6 Å². The molecule has 5 nitrogen and oxygen atoms in total. The van der Waals surface area contributed by atoms with Crippen LogP contribution >= 0.6 is 11.6 Å². The van der Waals surface area contributed by atoms with E-state index >= 15 is 0 Å². The van der Waals surface area contributed by atoms with Crippen LogP contribution in [0.3, 0.4) is 0 Å². The molecule has 0 aromatic rings. The third kappa shape index (κ3) is 39.9. The minimum atomic E-state index is -2.95. The van der Waals surface area contributed by atoms with Crippen molar-refractivity contribution >= 4 is 37.1 Å². The zero-order valence-corrected chi connectivity index (χ0v) is 13.1. The molecule has 0 saturated carbocycles. The molecule has 10 heteroatoms. The van der Waals surface area contributed by atoms with Gasteiger partial charge in [0, 0.05) is 27.1 Å². The largest absolute Gasteiger partial charge is 1.00 e. The fraction of sp³-hybridized carbons (Fsp3) is 0.500. The normalized spacial score (nSPS) is 12.0. The maximum absolute atomic E-state index is 9.21. The zero-order valence-electron chi connectivity index (χ0n) is 6.74. The summed E-state index contributed by atoms with van der Waals surface area (Å²) in [6, 6.07) is 0. The van der Waals surface area contributed by atoms with Crippen molar-refractivity contribution in [3.8, 4) is 0 Å². The van der Waals surface area contributed by atoms with E-state index in [0.717, 1.165) is 0 Å². The average Bonchev–Trinajstić information content (AvgIpc) is 1.63. The first-order valence-corrected chi connectivity index (χ1v) is 4.77. The van der Waals surface area contributed by atoms with Gasteiger partial charge in [-0.3, -0.25) is 13.2 Å². The van der Waals surface area contributed by atoms with Gasteiger partial charge in [-0.25, -0.2) is 0 Å². The molecule has 0 heterocycles. The van der Waals surface area contributed by atoms with E-state index in [-0.39, 0.29) is 64.4 Å². The van der Waals surface area contributed by atoms with Crippen LogP contribution in [0.15, 0.2) is 0 Å². The molecule has 0 rings (SSSR count). The number of halogens is 1. The third-order valence-corrected chi connectivity index (χ3v) is 1.00. The molecule has 62 valence electrons. The Morgan fingerprint density at radius 3 is 1.25 bits per heavy atom. The van der Waals surface area contributed by atoms with Gasteiger partial charge in [0.1, 0.15) is 0 Å². The van der Waals surface area contributed by atoms with Crippen molar-refractivity contribution in [1.29, 1.82) is 0 Å². The molecule has 2 atom stereocenters. The SMILES string of the molecule is CC(=O)Cl.O=S([O-])S(=O)[O-].[Na+].[Na+]. The Balaban J connectivity index is -0.0000000483. The van der Waals surface area contributed by atoms with Crippen molar-refractivity contribution in [2.24, 2.45) is 0 Å². The number of hydrogen-bond donors (Lipinski definition) is 0. The molecule has 0 spiro atoms. The summed E-state index contributed by atoms with van der Waals surface area (Å²) in [4.78, 5) is 9.21. The first-order valence-electron chi connectivity index (χ1n) is 1.73. The summed E-state index contributed by atoms with van der Waals surface area (Å²) in [6.07, 6.45) is 0. The molecule has 0 amide bonds. The van der Waals surface area contributed by atoms with Gasteiger partial charge >= 0.3 is 59.1 Å². The maximum Gasteiger partial charge on any atom is 1.00 e. The van der Waals surface area contributed by atoms with E-state index in [9.17, 15) is 4.79 Å². The molecule has 0 aliphatic heterocycles. The molecule has 0 radical (unpaired) electrons. The predicted molar refractivity (Wildman–Crippen MR) is 34.4 cm³/mol. The first kappa shape index (κ1) is 23.8. The van der Waals surface area contributed by atoms with Crippen LogP contribution in [0.2, 0.25) is 0 Å². The summed E-state index contributed by atoms with van der Waals surface area (Å²) in [6.45, 7) is 1.29. The number of carbonyl (C=O) groups excluding carboxylic acids is 1. The Labute approximate surface area is 124 Å². The molecule has 0 aliphatic rings. The molecule has 2 unspecified atom stereocenters. The van der Waals surface area contributed by atoms with Crippen molar-refractivity contribution < 1.29 is 81.4 Å². The second kappa shape index (κ2) is 15.6. The third-order valence-electron chi connectivity index (χ3n) is 0.111. The zero-order chi connectivity index (χ0) is 8.73. The molecule has 0 N–H and O–H groups in total. The molecule has 0 fully saturated rings. The summed E-state index contributed by atoms with van der Waals surface area (Å²) >= 11 is 4.64. The molecule has 0 aromatic heterocycles. The second-order valence-electron chi connectivity index (χ2n) is 0.879. The van der Waals surface area contributed by atoms with Crippen LogP contribution in [0.4, 0.5) is 0 Å². The number of hydrogen-bond acceptors (Lipinski definition) is 5. The predicted octanol–water partition coefficient (Wildman–Crippen LogP) is -6.56.